The molecule has 0 spiro atoms. The summed E-state index contributed by atoms with van der Waals surface area (Å²) in [4.78, 5) is 11.0. The lowest BCUT2D eigenvalue weighted by Crippen LogP contribution is -2.04. The second-order valence-electron chi connectivity index (χ2n) is 4.03. The number of rotatable bonds is 4. The zero-order valence-corrected chi connectivity index (χ0v) is 10.8. The lowest BCUT2D eigenvalue weighted by molar-refractivity contribution is -0.136. The third kappa shape index (κ3) is 3.00. The van der Waals surface area contributed by atoms with Crippen LogP contribution in [0.4, 0.5) is 0 Å². The molecule has 5 heteroatoms. The maximum absolute atomic E-state index is 12.3. The molecule has 0 atom stereocenters. The molecule has 0 bridgehead atoms. The van der Waals surface area contributed by atoms with Crippen LogP contribution < -0.4 is 0 Å². The fourth-order valence-corrected chi connectivity index (χ4v) is 3.08. The van der Waals surface area contributed by atoms with Crippen LogP contribution in [0.5, 0.6) is 0 Å². The molecule has 0 aliphatic carbocycles. The molecule has 2 aromatic rings. The lowest BCUT2D eigenvalue weighted by Gasteiger charge is -2.06. The van der Waals surface area contributed by atoms with Crippen LogP contribution in [0.1, 0.15) is 5.56 Å². The topological polar surface area (TPSA) is 71.4 Å². The molecule has 0 aliphatic rings. The smallest absolute Gasteiger partial charge is 0.307 e. The van der Waals surface area contributed by atoms with E-state index in [-0.39, 0.29) is 16.2 Å². The summed E-state index contributed by atoms with van der Waals surface area (Å²) in [7, 11) is -3.59. The molecule has 98 valence electrons. The number of carboxylic acids is 1. The van der Waals surface area contributed by atoms with Gasteiger partial charge in [0.2, 0.25) is 9.84 Å². The van der Waals surface area contributed by atoms with Crippen LogP contribution in [0.15, 0.2) is 64.4 Å². The molecule has 0 aliphatic heterocycles. The average molecular weight is 276 g/mol. The van der Waals surface area contributed by atoms with Crippen molar-refractivity contribution in [2.45, 2.75) is 16.2 Å². The summed E-state index contributed by atoms with van der Waals surface area (Å²) in [5, 5.41) is 8.73. The summed E-state index contributed by atoms with van der Waals surface area (Å²) in [6, 6.07) is 14.1. The van der Waals surface area contributed by atoms with Crippen molar-refractivity contribution < 1.29 is 18.3 Å². The minimum Gasteiger partial charge on any atom is -0.481 e. The Balaban J connectivity index is 2.44. The molecule has 0 heterocycles. The van der Waals surface area contributed by atoms with Gasteiger partial charge in [-0.1, -0.05) is 30.3 Å². The van der Waals surface area contributed by atoms with Gasteiger partial charge < -0.3 is 5.11 Å². The zero-order chi connectivity index (χ0) is 13.9. The third-order valence-corrected chi connectivity index (χ3v) is 4.38. The molecule has 0 radical (unpaired) electrons. The van der Waals surface area contributed by atoms with Crippen molar-refractivity contribution in [3.63, 3.8) is 0 Å². The number of carboxylic acid groups (broad SMARTS) is 1. The summed E-state index contributed by atoms with van der Waals surface area (Å²) in [5.74, 6) is -0.991. The van der Waals surface area contributed by atoms with Crippen molar-refractivity contribution in [1.82, 2.24) is 0 Å². The molecule has 1 N–H and O–H groups in total. The molecule has 0 aromatic heterocycles. The Morgan fingerprint density at radius 2 is 1.58 bits per heavy atom. The van der Waals surface area contributed by atoms with Gasteiger partial charge in [0.05, 0.1) is 16.2 Å². The standard InChI is InChI=1S/C14H12O4S/c15-14(16)10-11-5-4-8-13(9-11)19(17,18)12-6-2-1-3-7-12/h1-9H,10H2,(H,15,16). The molecular formula is C14H12O4S. The minimum atomic E-state index is -3.59. The van der Waals surface area contributed by atoms with Crippen LogP contribution >= 0.6 is 0 Å². The molecule has 0 unspecified atom stereocenters. The predicted octanol–water partition coefficient (Wildman–Crippen LogP) is 2.15. The Labute approximate surface area is 111 Å². The first-order chi connectivity index (χ1) is 9.00. The summed E-state index contributed by atoms with van der Waals surface area (Å²) in [6.07, 6.45) is -0.196. The van der Waals surface area contributed by atoms with Crippen molar-refractivity contribution in [1.29, 1.82) is 0 Å². The number of carbonyl (C=O) groups is 1. The molecule has 0 saturated heterocycles. The molecule has 2 aromatic carbocycles. The first kappa shape index (κ1) is 13.3. The van der Waals surface area contributed by atoms with Gasteiger partial charge in [0.25, 0.3) is 0 Å². The van der Waals surface area contributed by atoms with Gasteiger partial charge in [-0.3, -0.25) is 4.79 Å². The van der Waals surface area contributed by atoms with Crippen molar-refractivity contribution in [2.24, 2.45) is 0 Å². The maximum Gasteiger partial charge on any atom is 0.307 e. The first-order valence-electron chi connectivity index (χ1n) is 5.61. The summed E-state index contributed by atoms with van der Waals surface area (Å²) < 4.78 is 24.6. The molecule has 0 saturated carbocycles. The van der Waals surface area contributed by atoms with Crippen LogP contribution in [0.3, 0.4) is 0 Å². The summed E-state index contributed by atoms with van der Waals surface area (Å²) in [5.41, 5.74) is 0.463. The zero-order valence-electron chi connectivity index (χ0n) is 9.98. The Bertz CT molecular complexity index is 690. The highest BCUT2D eigenvalue weighted by molar-refractivity contribution is 7.91. The maximum atomic E-state index is 12.3. The highest BCUT2D eigenvalue weighted by atomic mass is 32.2. The highest BCUT2D eigenvalue weighted by Crippen LogP contribution is 2.21. The van der Waals surface area contributed by atoms with E-state index in [9.17, 15) is 13.2 Å². The van der Waals surface area contributed by atoms with E-state index in [1.54, 1.807) is 30.3 Å². The highest BCUT2D eigenvalue weighted by Gasteiger charge is 2.17. The second kappa shape index (κ2) is 5.24. The normalized spacial score (nSPS) is 11.2. The molecule has 4 nitrogen and oxygen atoms in total. The quantitative estimate of drug-likeness (QED) is 0.928. The predicted molar refractivity (Wildman–Crippen MR) is 69.7 cm³/mol. The van der Waals surface area contributed by atoms with Gasteiger partial charge in [-0.15, -0.1) is 0 Å². The van der Waals surface area contributed by atoms with E-state index in [1.165, 1.54) is 24.3 Å². The van der Waals surface area contributed by atoms with Crippen LogP contribution in [-0.2, 0) is 21.1 Å². The third-order valence-electron chi connectivity index (χ3n) is 2.62. The summed E-state index contributed by atoms with van der Waals surface area (Å²) in [6.45, 7) is 0. The minimum absolute atomic E-state index is 0.109. The monoisotopic (exact) mass is 276 g/mol. The van der Waals surface area contributed by atoms with Gasteiger partial charge in [0.1, 0.15) is 0 Å². The summed E-state index contributed by atoms with van der Waals surface area (Å²) >= 11 is 0. The second-order valence-corrected chi connectivity index (χ2v) is 5.98. The van der Waals surface area contributed by atoms with E-state index >= 15 is 0 Å². The molecular weight excluding hydrogens is 264 g/mol. The van der Waals surface area contributed by atoms with E-state index < -0.39 is 15.8 Å². The fraction of sp³-hybridized carbons (Fsp3) is 0.0714. The van der Waals surface area contributed by atoms with E-state index in [0.29, 0.717) is 5.56 Å². The van der Waals surface area contributed by atoms with Crippen LogP contribution in [0.2, 0.25) is 0 Å². The van der Waals surface area contributed by atoms with Crippen molar-refractivity contribution in [3.05, 3.63) is 60.2 Å². The van der Waals surface area contributed by atoms with E-state index in [2.05, 4.69) is 0 Å². The number of hydrogen-bond acceptors (Lipinski definition) is 3. The molecule has 2 rings (SSSR count). The Morgan fingerprint density at radius 1 is 0.947 bits per heavy atom. The Morgan fingerprint density at radius 3 is 2.21 bits per heavy atom. The van der Waals surface area contributed by atoms with Crippen molar-refractivity contribution in [3.8, 4) is 0 Å². The van der Waals surface area contributed by atoms with Crippen LogP contribution in [-0.4, -0.2) is 19.5 Å². The van der Waals surface area contributed by atoms with Crippen LogP contribution in [0, 0.1) is 0 Å². The average Bonchev–Trinajstić information content (AvgIpc) is 2.39. The van der Waals surface area contributed by atoms with Gasteiger partial charge in [-0.2, -0.15) is 0 Å². The van der Waals surface area contributed by atoms with E-state index in [4.69, 9.17) is 5.11 Å². The first-order valence-corrected chi connectivity index (χ1v) is 7.09. The number of sulfone groups is 1. The molecule has 19 heavy (non-hydrogen) atoms. The fourth-order valence-electron chi connectivity index (χ4n) is 1.73. The number of aliphatic carboxylic acids is 1. The van der Waals surface area contributed by atoms with Gasteiger partial charge in [0.15, 0.2) is 0 Å². The Kier molecular flexibility index (Phi) is 3.66. The largest absolute Gasteiger partial charge is 0.481 e. The van der Waals surface area contributed by atoms with Gasteiger partial charge in [-0.25, -0.2) is 8.42 Å². The number of hydrogen-bond donors (Lipinski definition) is 1. The molecule has 0 amide bonds. The van der Waals surface area contributed by atoms with E-state index in [1.807, 2.05) is 0 Å². The van der Waals surface area contributed by atoms with Crippen LogP contribution in [0.25, 0.3) is 0 Å². The SMILES string of the molecule is O=C(O)Cc1cccc(S(=O)(=O)c2ccccc2)c1. The van der Waals surface area contributed by atoms with Crippen molar-refractivity contribution >= 4 is 15.8 Å². The number of benzene rings is 2. The lowest BCUT2D eigenvalue weighted by atomic mass is 10.2. The van der Waals surface area contributed by atoms with Gasteiger partial charge >= 0.3 is 5.97 Å². The Hall–Kier alpha value is -2.14. The van der Waals surface area contributed by atoms with E-state index in [0.717, 1.165) is 0 Å². The molecule has 0 fully saturated rings. The van der Waals surface area contributed by atoms with Crippen molar-refractivity contribution in [2.75, 3.05) is 0 Å². The van der Waals surface area contributed by atoms with Gasteiger partial charge in [-0.05, 0) is 29.8 Å². The van der Waals surface area contributed by atoms with Gasteiger partial charge in [0, 0.05) is 0 Å².